The molecular formula is C16H20N4O3. The monoisotopic (exact) mass is 316 g/mol. The molecule has 0 saturated carbocycles. The number of rotatable bonds is 2. The van der Waals surface area contributed by atoms with Crippen molar-refractivity contribution in [3.05, 3.63) is 34.2 Å². The summed E-state index contributed by atoms with van der Waals surface area (Å²) in [6.45, 7) is 5.94. The fourth-order valence-electron chi connectivity index (χ4n) is 2.84. The van der Waals surface area contributed by atoms with Crippen molar-refractivity contribution in [1.29, 1.82) is 0 Å². The van der Waals surface area contributed by atoms with Gasteiger partial charge in [-0.15, -0.1) is 0 Å². The second-order valence-corrected chi connectivity index (χ2v) is 6.11. The number of amides is 2. The lowest BCUT2D eigenvalue weighted by molar-refractivity contribution is -0.135. The van der Waals surface area contributed by atoms with E-state index in [1.54, 1.807) is 28.0 Å². The molecule has 1 aliphatic heterocycles. The first-order chi connectivity index (χ1) is 11.0. The molecule has 1 aromatic heterocycles. The number of piperazine rings is 1. The van der Waals surface area contributed by atoms with Gasteiger partial charge in [0.2, 0.25) is 5.91 Å². The van der Waals surface area contributed by atoms with Crippen LogP contribution in [0.5, 0.6) is 0 Å². The summed E-state index contributed by atoms with van der Waals surface area (Å²) in [6, 6.07) is 5.11. The van der Waals surface area contributed by atoms with Crippen molar-refractivity contribution in [1.82, 2.24) is 19.8 Å². The third-order valence-electron chi connectivity index (χ3n) is 4.14. The molecule has 1 aliphatic rings. The van der Waals surface area contributed by atoms with Crippen LogP contribution in [0, 0.1) is 5.92 Å². The van der Waals surface area contributed by atoms with Crippen molar-refractivity contribution < 1.29 is 9.59 Å². The molecule has 0 aliphatic carbocycles. The second kappa shape index (κ2) is 5.91. The molecule has 2 amide bonds. The van der Waals surface area contributed by atoms with Gasteiger partial charge in [-0.25, -0.2) is 4.79 Å². The molecule has 0 unspecified atom stereocenters. The molecule has 3 rings (SSSR count). The Bertz CT molecular complexity index is 797. The molecule has 2 aromatic rings. The summed E-state index contributed by atoms with van der Waals surface area (Å²) in [4.78, 5) is 44.7. The zero-order valence-corrected chi connectivity index (χ0v) is 13.3. The molecule has 0 atom stereocenters. The highest BCUT2D eigenvalue weighted by molar-refractivity contribution is 5.97. The average molecular weight is 316 g/mol. The maximum atomic E-state index is 12.6. The van der Waals surface area contributed by atoms with Gasteiger partial charge < -0.3 is 19.8 Å². The van der Waals surface area contributed by atoms with E-state index in [2.05, 4.69) is 9.97 Å². The Kier molecular flexibility index (Phi) is 3.94. The lowest BCUT2D eigenvalue weighted by Gasteiger charge is -2.35. The maximum absolute atomic E-state index is 12.6. The Morgan fingerprint density at radius 2 is 1.61 bits per heavy atom. The summed E-state index contributed by atoms with van der Waals surface area (Å²) < 4.78 is 0. The van der Waals surface area contributed by atoms with Crippen LogP contribution in [-0.4, -0.2) is 57.8 Å². The molecule has 23 heavy (non-hydrogen) atoms. The molecule has 1 fully saturated rings. The van der Waals surface area contributed by atoms with Gasteiger partial charge in [-0.3, -0.25) is 9.59 Å². The average Bonchev–Trinajstić information content (AvgIpc) is 2.92. The van der Waals surface area contributed by atoms with Gasteiger partial charge in [0, 0.05) is 37.7 Å². The summed E-state index contributed by atoms with van der Waals surface area (Å²) in [5, 5.41) is 0. The first-order valence-electron chi connectivity index (χ1n) is 7.76. The highest BCUT2D eigenvalue weighted by Gasteiger charge is 2.26. The van der Waals surface area contributed by atoms with Gasteiger partial charge in [-0.05, 0) is 18.2 Å². The molecule has 1 saturated heterocycles. The fraction of sp³-hybridized carbons (Fsp3) is 0.438. The van der Waals surface area contributed by atoms with Gasteiger partial charge in [0.15, 0.2) is 0 Å². The van der Waals surface area contributed by atoms with Crippen LogP contribution in [0.4, 0.5) is 0 Å². The van der Waals surface area contributed by atoms with Crippen molar-refractivity contribution in [3.63, 3.8) is 0 Å². The number of nitrogens with zero attached hydrogens (tertiary/aromatic N) is 2. The quantitative estimate of drug-likeness (QED) is 0.858. The first-order valence-corrected chi connectivity index (χ1v) is 7.76. The number of hydrogen-bond acceptors (Lipinski definition) is 3. The molecule has 2 N–H and O–H groups in total. The largest absolute Gasteiger partial charge is 0.339 e. The van der Waals surface area contributed by atoms with Crippen LogP contribution in [-0.2, 0) is 4.79 Å². The number of H-pyrrole nitrogens is 2. The number of imidazole rings is 1. The lowest BCUT2D eigenvalue weighted by atomic mass is 10.1. The minimum absolute atomic E-state index is 0.0231. The topological polar surface area (TPSA) is 89.3 Å². The number of carbonyl (C=O) groups is 2. The predicted octanol–water partition coefficient (Wildman–Crippen LogP) is 0.797. The van der Waals surface area contributed by atoms with Crippen LogP contribution in [0.2, 0.25) is 0 Å². The summed E-state index contributed by atoms with van der Waals surface area (Å²) >= 11 is 0. The maximum Gasteiger partial charge on any atom is 0.323 e. The van der Waals surface area contributed by atoms with Crippen LogP contribution >= 0.6 is 0 Å². The van der Waals surface area contributed by atoms with E-state index >= 15 is 0 Å². The molecule has 7 nitrogen and oxygen atoms in total. The predicted molar refractivity (Wildman–Crippen MR) is 86.2 cm³/mol. The molecule has 1 aromatic carbocycles. The van der Waals surface area contributed by atoms with E-state index < -0.39 is 0 Å². The number of fused-ring (bicyclic) bond motifs is 1. The van der Waals surface area contributed by atoms with Gasteiger partial charge in [0.1, 0.15) is 0 Å². The van der Waals surface area contributed by atoms with Crippen molar-refractivity contribution in [2.24, 2.45) is 5.92 Å². The molecule has 122 valence electrons. The number of nitrogens with one attached hydrogen (secondary N) is 2. The highest BCUT2D eigenvalue weighted by atomic mass is 16.2. The van der Waals surface area contributed by atoms with Gasteiger partial charge in [-0.1, -0.05) is 13.8 Å². The summed E-state index contributed by atoms with van der Waals surface area (Å²) in [6.07, 6.45) is 0. The van der Waals surface area contributed by atoms with Crippen molar-refractivity contribution in [2.75, 3.05) is 26.2 Å². The van der Waals surface area contributed by atoms with E-state index in [1.807, 2.05) is 13.8 Å². The van der Waals surface area contributed by atoms with Crippen molar-refractivity contribution in [2.45, 2.75) is 13.8 Å². The fourth-order valence-corrected chi connectivity index (χ4v) is 2.84. The van der Waals surface area contributed by atoms with Crippen LogP contribution in [0.3, 0.4) is 0 Å². The molecule has 0 spiro atoms. The van der Waals surface area contributed by atoms with Gasteiger partial charge in [0.05, 0.1) is 11.0 Å². The normalized spacial score (nSPS) is 15.4. The van der Waals surface area contributed by atoms with Gasteiger partial charge in [0.25, 0.3) is 5.91 Å². The van der Waals surface area contributed by atoms with Gasteiger partial charge in [-0.2, -0.15) is 0 Å². The zero-order valence-electron chi connectivity index (χ0n) is 13.3. The number of hydrogen-bond donors (Lipinski definition) is 2. The van der Waals surface area contributed by atoms with E-state index in [4.69, 9.17) is 0 Å². The van der Waals surface area contributed by atoms with E-state index in [-0.39, 0.29) is 23.4 Å². The van der Waals surface area contributed by atoms with Crippen LogP contribution < -0.4 is 5.69 Å². The second-order valence-electron chi connectivity index (χ2n) is 6.11. The van der Waals surface area contributed by atoms with Crippen LogP contribution in [0.25, 0.3) is 11.0 Å². The summed E-state index contributed by atoms with van der Waals surface area (Å²) in [7, 11) is 0. The number of aromatic amines is 2. The van der Waals surface area contributed by atoms with E-state index in [9.17, 15) is 14.4 Å². The molecule has 7 heteroatoms. The Balaban J connectivity index is 1.71. The smallest absolute Gasteiger partial charge is 0.323 e. The van der Waals surface area contributed by atoms with Crippen LogP contribution in [0.1, 0.15) is 24.2 Å². The number of benzene rings is 1. The van der Waals surface area contributed by atoms with E-state index in [1.165, 1.54) is 0 Å². The first kappa shape index (κ1) is 15.3. The minimum atomic E-state index is -0.287. The third kappa shape index (κ3) is 2.99. The Labute approximate surface area is 133 Å². The van der Waals surface area contributed by atoms with Gasteiger partial charge >= 0.3 is 5.69 Å². The van der Waals surface area contributed by atoms with E-state index in [0.717, 1.165) is 0 Å². The summed E-state index contributed by atoms with van der Waals surface area (Å²) in [5.74, 6) is 0.0269. The highest BCUT2D eigenvalue weighted by Crippen LogP contribution is 2.14. The van der Waals surface area contributed by atoms with E-state index in [0.29, 0.717) is 42.8 Å². The lowest BCUT2D eigenvalue weighted by Crippen LogP contribution is -2.51. The Morgan fingerprint density at radius 3 is 2.26 bits per heavy atom. The van der Waals surface area contributed by atoms with Crippen molar-refractivity contribution >= 4 is 22.8 Å². The molecule has 0 radical (unpaired) electrons. The Morgan fingerprint density at radius 1 is 1.00 bits per heavy atom. The summed E-state index contributed by atoms with van der Waals surface area (Å²) in [5.41, 5.74) is 1.55. The molecule has 2 heterocycles. The SMILES string of the molecule is CC(C)C(=O)N1CCN(C(=O)c2ccc3[nH]c(=O)[nH]c3c2)CC1. The molecule has 0 bridgehead atoms. The standard InChI is InChI=1S/C16H20N4O3/c1-10(2)14(21)19-5-7-20(8-6-19)15(22)11-3-4-12-13(9-11)18-16(23)17-12/h3-4,9-10H,5-8H2,1-2H3,(H2,17,18,23). The Hall–Kier alpha value is -2.57. The zero-order chi connectivity index (χ0) is 16.6. The molecular weight excluding hydrogens is 296 g/mol. The van der Waals surface area contributed by atoms with Crippen LogP contribution in [0.15, 0.2) is 23.0 Å². The number of carbonyl (C=O) groups excluding carboxylic acids is 2. The van der Waals surface area contributed by atoms with Crippen molar-refractivity contribution in [3.8, 4) is 0 Å². The minimum Gasteiger partial charge on any atom is -0.339 e. The third-order valence-corrected chi connectivity index (χ3v) is 4.14. The number of aromatic nitrogens is 2.